The van der Waals surface area contributed by atoms with E-state index in [-0.39, 0.29) is 11.1 Å². The highest BCUT2D eigenvalue weighted by molar-refractivity contribution is 7.09. The molecule has 0 aromatic carbocycles. The van der Waals surface area contributed by atoms with E-state index < -0.39 is 0 Å². The summed E-state index contributed by atoms with van der Waals surface area (Å²) in [4.78, 5) is 16.7. The Morgan fingerprint density at radius 2 is 2.41 bits per heavy atom. The van der Waals surface area contributed by atoms with E-state index in [1.807, 2.05) is 17.5 Å². The fourth-order valence-corrected chi connectivity index (χ4v) is 2.12. The summed E-state index contributed by atoms with van der Waals surface area (Å²) in [6, 6.07) is 5.35. The summed E-state index contributed by atoms with van der Waals surface area (Å²) in [5.74, 6) is -0.250. The number of aromatic nitrogens is 1. The van der Waals surface area contributed by atoms with E-state index in [1.165, 1.54) is 12.3 Å². The second kappa shape index (κ2) is 5.16. The summed E-state index contributed by atoms with van der Waals surface area (Å²) >= 11 is 7.30. The maximum atomic E-state index is 11.8. The van der Waals surface area contributed by atoms with Crippen LogP contribution < -0.4 is 11.1 Å². The molecule has 0 saturated heterocycles. The highest BCUT2D eigenvalue weighted by atomic mass is 35.5. The van der Waals surface area contributed by atoms with Crippen molar-refractivity contribution >= 4 is 34.5 Å². The first-order chi connectivity index (χ1) is 8.16. The van der Waals surface area contributed by atoms with Crippen LogP contribution in [0, 0.1) is 0 Å². The number of nitrogens with two attached hydrogens (primary N) is 1. The lowest BCUT2D eigenvalue weighted by molar-refractivity contribution is 0.0952. The third-order valence-corrected chi connectivity index (χ3v) is 3.23. The second-order valence-corrected chi connectivity index (χ2v) is 4.78. The first-order valence-corrected chi connectivity index (χ1v) is 6.14. The van der Waals surface area contributed by atoms with Gasteiger partial charge in [0.15, 0.2) is 0 Å². The van der Waals surface area contributed by atoms with Gasteiger partial charge in [-0.05, 0) is 17.5 Å². The van der Waals surface area contributed by atoms with Gasteiger partial charge in [0.25, 0.3) is 5.91 Å². The SMILES string of the molecule is Nc1cnc(Cl)cc1C(=O)NCc1cccs1. The third-order valence-electron chi connectivity index (χ3n) is 2.15. The summed E-state index contributed by atoms with van der Waals surface area (Å²) in [5, 5.41) is 4.98. The summed E-state index contributed by atoms with van der Waals surface area (Å²) in [6.07, 6.45) is 1.38. The molecule has 0 atom stereocenters. The Balaban J connectivity index is 2.07. The van der Waals surface area contributed by atoms with Gasteiger partial charge in [0.1, 0.15) is 5.15 Å². The fourth-order valence-electron chi connectivity index (χ4n) is 1.31. The van der Waals surface area contributed by atoms with Crippen LogP contribution in [0.3, 0.4) is 0 Å². The number of thiophene rings is 1. The Morgan fingerprint density at radius 3 is 3.12 bits per heavy atom. The molecule has 0 aliphatic rings. The molecule has 0 unspecified atom stereocenters. The molecule has 4 nitrogen and oxygen atoms in total. The third kappa shape index (κ3) is 2.95. The Morgan fingerprint density at radius 1 is 1.59 bits per heavy atom. The molecule has 17 heavy (non-hydrogen) atoms. The minimum atomic E-state index is -0.250. The molecule has 6 heteroatoms. The molecule has 1 amide bonds. The van der Waals surface area contributed by atoms with Crippen molar-refractivity contribution in [2.24, 2.45) is 0 Å². The molecule has 0 saturated carbocycles. The van der Waals surface area contributed by atoms with E-state index in [0.29, 0.717) is 17.8 Å². The molecule has 0 aliphatic carbocycles. The van der Waals surface area contributed by atoms with Crippen LogP contribution in [0.15, 0.2) is 29.8 Å². The van der Waals surface area contributed by atoms with E-state index in [1.54, 1.807) is 11.3 Å². The summed E-state index contributed by atoms with van der Waals surface area (Å²) in [7, 11) is 0. The second-order valence-electron chi connectivity index (χ2n) is 3.36. The number of carbonyl (C=O) groups excluding carboxylic acids is 1. The van der Waals surface area contributed by atoms with Gasteiger partial charge < -0.3 is 11.1 Å². The molecular weight excluding hydrogens is 258 g/mol. The normalized spacial score (nSPS) is 10.2. The van der Waals surface area contributed by atoms with Crippen molar-refractivity contribution in [1.29, 1.82) is 0 Å². The molecule has 2 rings (SSSR count). The average molecular weight is 268 g/mol. The van der Waals surface area contributed by atoms with E-state index >= 15 is 0 Å². The fraction of sp³-hybridized carbons (Fsp3) is 0.0909. The number of amides is 1. The summed E-state index contributed by atoms with van der Waals surface area (Å²) < 4.78 is 0. The Bertz CT molecular complexity index is 528. The van der Waals surface area contributed by atoms with Crippen molar-refractivity contribution in [3.63, 3.8) is 0 Å². The number of nitrogens with zero attached hydrogens (tertiary/aromatic N) is 1. The number of nitrogen functional groups attached to an aromatic ring is 1. The van der Waals surface area contributed by atoms with Crippen molar-refractivity contribution in [1.82, 2.24) is 10.3 Å². The Hall–Kier alpha value is -1.59. The van der Waals surface area contributed by atoms with Crippen LogP contribution >= 0.6 is 22.9 Å². The Kier molecular flexibility index (Phi) is 3.61. The van der Waals surface area contributed by atoms with Gasteiger partial charge in [-0.2, -0.15) is 0 Å². The molecular formula is C11H10ClN3OS. The number of halogens is 1. The molecule has 0 radical (unpaired) electrons. The van der Waals surface area contributed by atoms with Crippen molar-refractivity contribution in [3.05, 3.63) is 45.4 Å². The minimum absolute atomic E-state index is 0.250. The smallest absolute Gasteiger partial charge is 0.253 e. The highest BCUT2D eigenvalue weighted by Crippen LogP contribution is 2.15. The predicted octanol–water partition coefficient (Wildman–Crippen LogP) is 2.31. The standard InChI is InChI=1S/C11H10ClN3OS/c12-10-4-8(9(13)6-14-10)11(16)15-5-7-2-1-3-17-7/h1-4,6H,5,13H2,(H,15,16). The summed E-state index contributed by atoms with van der Waals surface area (Å²) in [6.45, 7) is 0.482. The van der Waals surface area contributed by atoms with Crippen LogP contribution in [0.25, 0.3) is 0 Å². The van der Waals surface area contributed by atoms with E-state index in [0.717, 1.165) is 4.88 Å². The van der Waals surface area contributed by atoms with Gasteiger partial charge in [0, 0.05) is 4.88 Å². The van der Waals surface area contributed by atoms with Gasteiger partial charge in [-0.25, -0.2) is 4.98 Å². The number of hydrogen-bond donors (Lipinski definition) is 2. The van der Waals surface area contributed by atoms with Gasteiger partial charge in [-0.1, -0.05) is 17.7 Å². The predicted molar refractivity (Wildman–Crippen MR) is 69.1 cm³/mol. The molecule has 3 N–H and O–H groups in total. The van der Waals surface area contributed by atoms with Crippen molar-refractivity contribution in [3.8, 4) is 0 Å². The number of carbonyl (C=O) groups is 1. The zero-order valence-electron chi connectivity index (χ0n) is 8.81. The summed E-state index contributed by atoms with van der Waals surface area (Å²) in [5.41, 5.74) is 6.33. The monoisotopic (exact) mass is 267 g/mol. The Labute approximate surface area is 107 Å². The van der Waals surface area contributed by atoms with Crippen LogP contribution in [0.2, 0.25) is 5.15 Å². The molecule has 88 valence electrons. The highest BCUT2D eigenvalue weighted by Gasteiger charge is 2.10. The first-order valence-electron chi connectivity index (χ1n) is 4.88. The maximum absolute atomic E-state index is 11.8. The molecule has 2 heterocycles. The molecule has 0 aliphatic heterocycles. The molecule has 0 bridgehead atoms. The molecule has 2 aromatic rings. The van der Waals surface area contributed by atoms with Gasteiger partial charge in [0.05, 0.1) is 24.0 Å². The van der Waals surface area contributed by atoms with Crippen molar-refractivity contribution in [2.45, 2.75) is 6.54 Å². The van der Waals surface area contributed by atoms with Gasteiger partial charge >= 0.3 is 0 Å². The number of nitrogens with one attached hydrogen (secondary N) is 1. The minimum Gasteiger partial charge on any atom is -0.397 e. The number of rotatable bonds is 3. The van der Waals surface area contributed by atoms with Crippen molar-refractivity contribution < 1.29 is 4.79 Å². The molecule has 2 aromatic heterocycles. The number of anilines is 1. The van der Waals surface area contributed by atoms with Crippen LogP contribution in [0.1, 0.15) is 15.2 Å². The number of pyridine rings is 1. The topological polar surface area (TPSA) is 68.0 Å². The average Bonchev–Trinajstić information content (AvgIpc) is 2.82. The zero-order valence-corrected chi connectivity index (χ0v) is 10.4. The van der Waals surface area contributed by atoms with Gasteiger partial charge in [-0.15, -0.1) is 11.3 Å². The number of hydrogen-bond acceptors (Lipinski definition) is 4. The molecule has 0 fully saturated rings. The maximum Gasteiger partial charge on any atom is 0.253 e. The van der Waals surface area contributed by atoms with Crippen LogP contribution in [-0.4, -0.2) is 10.9 Å². The van der Waals surface area contributed by atoms with Gasteiger partial charge in [-0.3, -0.25) is 4.79 Å². The quantitative estimate of drug-likeness (QED) is 0.839. The van der Waals surface area contributed by atoms with E-state index in [9.17, 15) is 4.79 Å². The first kappa shape index (κ1) is 11.9. The van der Waals surface area contributed by atoms with Crippen LogP contribution in [-0.2, 0) is 6.54 Å². The largest absolute Gasteiger partial charge is 0.397 e. The van der Waals surface area contributed by atoms with E-state index in [4.69, 9.17) is 17.3 Å². The van der Waals surface area contributed by atoms with Crippen molar-refractivity contribution in [2.75, 3.05) is 5.73 Å². The van der Waals surface area contributed by atoms with Gasteiger partial charge in [0.2, 0.25) is 0 Å². The zero-order chi connectivity index (χ0) is 12.3. The van der Waals surface area contributed by atoms with Crippen LogP contribution in [0.4, 0.5) is 5.69 Å². The van der Waals surface area contributed by atoms with E-state index in [2.05, 4.69) is 10.3 Å². The van der Waals surface area contributed by atoms with Crippen LogP contribution in [0.5, 0.6) is 0 Å². The molecule has 0 spiro atoms. The lowest BCUT2D eigenvalue weighted by Gasteiger charge is -2.06. The lowest BCUT2D eigenvalue weighted by atomic mass is 10.2. The lowest BCUT2D eigenvalue weighted by Crippen LogP contribution is -2.23.